The number of carbonyl (C=O) groups is 1. The molecule has 5 nitrogen and oxygen atoms in total. The van der Waals surface area contributed by atoms with Gasteiger partial charge in [-0.15, -0.1) is 11.3 Å². The molecule has 0 saturated heterocycles. The van der Waals surface area contributed by atoms with E-state index in [2.05, 4.69) is 9.97 Å². The lowest BCUT2D eigenvalue weighted by Crippen LogP contribution is -2.12. The first-order chi connectivity index (χ1) is 12.6. The second-order valence-electron chi connectivity index (χ2n) is 5.89. The first kappa shape index (κ1) is 16.2. The fourth-order valence-electron chi connectivity index (χ4n) is 2.92. The van der Waals surface area contributed by atoms with Crippen LogP contribution in [0, 0.1) is 0 Å². The first-order valence-corrected chi connectivity index (χ1v) is 8.88. The fraction of sp³-hybridized carbons (Fsp3) is 0.0500. The number of hydrogen-bond donors (Lipinski definition) is 2. The van der Waals surface area contributed by atoms with Crippen LogP contribution in [0.15, 0.2) is 64.8 Å². The number of nitrogens with one attached hydrogen (secondary N) is 1. The smallest absolute Gasteiger partial charge is 0.335 e. The highest BCUT2D eigenvalue weighted by Crippen LogP contribution is 2.30. The van der Waals surface area contributed by atoms with E-state index in [4.69, 9.17) is 5.11 Å². The van der Waals surface area contributed by atoms with E-state index < -0.39 is 5.97 Å². The van der Waals surface area contributed by atoms with Crippen molar-refractivity contribution in [2.24, 2.45) is 0 Å². The molecule has 0 saturated carbocycles. The van der Waals surface area contributed by atoms with Crippen LogP contribution in [0.25, 0.3) is 21.3 Å². The van der Waals surface area contributed by atoms with Crippen LogP contribution >= 0.6 is 11.3 Å². The van der Waals surface area contributed by atoms with Gasteiger partial charge >= 0.3 is 5.97 Å². The van der Waals surface area contributed by atoms with E-state index in [1.54, 1.807) is 12.1 Å². The maximum absolute atomic E-state index is 12.6. The van der Waals surface area contributed by atoms with Crippen LogP contribution in [0.5, 0.6) is 0 Å². The molecule has 2 N–H and O–H groups in total. The Bertz CT molecular complexity index is 1160. The van der Waals surface area contributed by atoms with Crippen molar-refractivity contribution >= 4 is 27.5 Å². The van der Waals surface area contributed by atoms with Crippen LogP contribution in [-0.4, -0.2) is 21.0 Å². The standard InChI is InChI=1S/C20H14N2O3S/c23-18-17-15(13-6-2-1-3-7-13)11-26-19(17)22-16(21-18)10-12-5-4-8-14(9-12)20(24)25/h1-9,11H,10H2,(H,24,25)(H,21,22,23). The SMILES string of the molecule is O=C(O)c1cccc(Cc2nc3scc(-c4ccccc4)c3c(=O)[nH]2)c1. The van der Waals surface area contributed by atoms with Crippen molar-refractivity contribution in [2.45, 2.75) is 6.42 Å². The third kappa shape index (κ3) is 3.02. The molecule has 2 aromatic heterocycles. The molecule has 0 radical (unpaired) electrons. The van der Waals surface area contributed by atoms with Gasteiger partial charge < -0.3 is 10.1 Å². The minimum Gasteiger partial charge on any atom is -0.478 e. The highest BCUT2D eigenvalue weighted by atomic mass is 32.1. The summed E-state index contributed by atoms with van der Waals surface area (Å²) in [5.41, 5.74) is 2.67. The van der Waals surface area contributed by atoms with E-state index in [1.165, 1.54) is 17.4 Å². The predicted octanol–water partition coefficient (Wildman–Crippen LogP) is 3.94. The van der Waals surface area contributed by atoms with E-state index in [1.807, 2.05) is 41.8 Å². The third-order valence-corrected chi connectivity index (χ3v) is 5.00. The van der Waals surface area contributed by atoms with Crippen LogP contribution in [0.4, 0.5) is 0 Å². The zero-order chi connectivity index (χ0) is 18.1. The summed E-state index contributed by atoms with van der Waals surface area (Å²) in [4.78, 5) is 31.8. The molecule has 2 heterocycles. The molecule has 0 unspecified atom stereocenters. The van der Waals surface area contributed by atoms with E-state index in [9.17, 15) is 9.59 Å². The minimum absolute atomic E-state index is 0.181. The number of H-pyrrole nitrogens is 1. The Morgan fingerprint density at radius 1 is 1.12 bits per heavy atom. The number of nitrogens with zero attached hydrogens (tertiary/aromatic N) is 1. The van der Waals surface area contributed by atoms with Gasteiger partial charge in [-0.25, -0.2) is 9.78 Å². The molecule has 0 fully saturated rings. The number of thiophene rings is 1. The van der Waals surface area contributed by atoms with Crippen LogP contribution in [0.1, 0.15) is 21.7 Å². The Hall–Kier alpha value is -3.25. The van der Waals surface area contributed by atoms with Crippen molar-refractivity contribution in [1.29, 1.82) is 0 Å². The van der Waals surface area contributed by atoms with Crippen LogP contribution in [-0.2, 0) is 6.42 Å². The summed E-state index contributed by atoms with van der Waals surface area (Å²) in [6.07, 6.45) is 0.366. The number of carboxylic acid groups (broad SMARTS) is 1. The quantitative estimate of drug-likeness (QED) is 0.576. The van der Waals surface area contributed by atoms with E-state index in [-0.39, 0.29) is 11.1 Å². The molecule has 4 rings (SSSR count). The van der Waals surface area contributed by atoms with Crippen LogP contribution in [0.2, 0.25) is 0 Å². The van der Waals surface area contributed by atoms with E-state index in [0.717, 1.165) is 16.7 Å². The van der Waals surface area contributed by atoms with Gasteiger partial charge in [0.15, 0.2) is 0 Å². The summed E-state index contributed by atoms with van der Waals surface area (Å²) in [5.74, 6) is -0.457. The fourth-order valence-corrected chi connectivity index (χ4v) is 3.88. The van der Waals surface area contributed by atoms with E-state index >= 15 is 0 Å². The number of hydrogen-bond acceptors (Lipinski definition) is 4. The molecule has 0 aliphatic rings. The van der Waals surface area contributed by atoms with Gasteiger partial charge in [-0.05, 0) is 23.3 Å². The van der Waals surface area contributed by atoms with Crippen molar-refractivity contribution in [3.63, 3.8) is 0 Å². The molecule has 4 aromatic rings. The van der Waals surface area contributed by atoms with Crippen molar-refractivity contribution in [2.75, 3.05) is 0 Å². The van der Waals surface area contributed by atoms with Crippen molar-refractivity contribution < 1.29 is 9.90 Å². The largest absolute Gasteiger partial charge is 0.478 e. The number of aromatic amines is 1. The highest BCUT2D eigenvalue weighted by molar-refractivity contribution is 7.17. The van der Waals surface area contributed by atoms with Gasteiger partial charge in [0.25, 0.3) is 5.56 Å². The van der Waals surface area contributed by atoms with E-state index in [0.29, 0.717) is 22.5 Å². The summed E-state index contributed by atoms with van der Waals surface area (Å²) >= 11 is 1.43. The summed E-state index contributed by atoms with van der Waals surface area (Å²) < 4.78 is 0. The number of rotatable bonds is 4. The lowest BCUT2D eigenvalue weighted by molar-refractivity contribution is 0.0696. The molecule has 128 valence electrons. The zero-order valence-corrected chi connectivity index (χ0v) is 14.4. The Morgan fingerprint density at radius 2 is 1.92 bits per heavy atom. The Labute approximate surface area is 152 Å². The topological polar surface area (TPSA) is 83.0 Å². The average molecular weight is 362 g/mol. The molecule has 2 aromatic carbocycles. The molecule has 0 amide bonds. The van der Waals surface area contributed by atoms with Gasteiger partial charge in [-0.3, -0.25) is 4.79 Å². The molecular weight excluding hydrogens is 348 g/mol. The van der Waals surface area contributed by atoms with Gasteiger partial charge in [0.05, 0.1) is 10.9 Å². The monoisotopic (exact) mass is 362 g/mol. The molecule has 0 atom stereocenters. The zero-order valence-electron chi connectivity index (χ0n) is 13.6. The number of benzene rings is 2. The summed E-state index contributed by atoms with van der Waals surface area (Å²) in [6.45, 7) is 0. The number of fused-ring (bicyclic) bond motifs is 1. The van der Waals surface area contributed by atoms with Crippen molar-refractivity contribution in [1.82, 2.24) is 9.97 Å². The third-order valence-electron chi connectivity index (χ3n) is 4.12. The molecule has 0 aliphatic heterocycles. The predicted molar refractivity (Wildman–Crippen MR) is 102 cm³/mol. The van der Waals surface area contributed by atoms with Gasteiger partial charge in [-0.2, -0.15) is 0 Å². The molecule has 0 spiro atoms. The Morgan fingerprint density at radius 3 is 2.69 bits per heavy atom. The second-order valence-corrected chi connectivity index (χ2v) is 6.75. The average Bonchev–Trinajstić information content (AvgIpc) is 3.07. The van der Waals surface area contributed by atoms with Gasteiger partial charge in [0.1, 0.15) is 10.7 Å². The summed E-state index contributed by atoms with van der Waals surface area (Å²) in [7, 11) is 0. The van der Waals surface area contributed by atoms with Crippen LogP contribution in [0.3, 0.4) is 0 Å². The Kier molecular flexibility index (Phi) is 4.10. The lowest BCUT2D eigenvalue weighted by atomic mass is 10.1. The summed E-state index contributed by atoms with van der Waals surface area (Å²) in [6, 6.07) is 16.4. The Balaban J connectivity index is 1.74. The van der Waals surface area contributed by atoms with Crippen LogP contribution < -0.4 is 5.56 Å². The second kappa shape index (κ2) is 6.57. The lowest BCUT2D eigenvalue weighted by Gasteiger charge is -2.04. The van der Waals surface area contributed by atoms with Gasteiger partial charge in [0, 0.05) is 17.4 Å². The molecule has 0 bridgehead atoms. The number of aromatic nitrogens is 2. The van der Waals surface area contributed by atoms with Gasteiger partial charge in [0.2, 0.25) is 0 Å². The van der Waals surface area contributed by atoms with Crippen molar-refractivity contribution in [3.05, 3.63) is 87.3 Å². The molecule has 6 heteroatoms. The van der Waals surface area contributed by atoms with Gasteiger partial charge in [-0.1, -0.05) is 42.5 Å². The normalized spacial score (nSPS) is 10.9. The highest BCUT2D eigenvalue weighted by Gasteiger charge is 2.13. The maximum atomic E-state index is 12.6. The maximum Gasteiger partial charge on any atom is 0.335 e. The first-order valence-electron chi connectivity index (χ1n) is 8.00. The summed E-state index contributed by atoms with van der Waals surface area (Å²) in [5, 5.41) is 11.6. The number of aromatic carboxylic acids is 1. The van der Waals surface area contributed by atoms with Crippen molar-refractivity contribution in [3.8, 4) is 11.1 Å². The number of carboxylic acids is 1. The minimum atomic E-state index is -0.977. The molecular formula is C20H14N2O3S. The molecule has 26 heavy (non-hydrogen) atoms. The molecule has 0 aliphatic carbocycles.